The number of alkyl halides is 1. The number of hydrogen-bond donors (Lipinski definition) is 0. The van der Waals surface area contributed by atoms with Gasteiger partial charge >= 0.3 is 0 Å². The van der Waals surface area contributed by atoms with E-state index in [0.29, 0.717) is 17.7 Å². The lowest BCUT2D eigenvalue weighted by molar-refractivity contribution is 0.276. The van der Waals surface area contributed by atoms with E-state index in [-0.39, 0.29) is 0 Å². The van der Waals surface area contributed by atoms with Gasteiger partial charge in [0.2, 0.25) is 11.8 Å². The average Bonchev–Trinajstić information content (AvgIpc) is 3.41. The summed E-state index contributed by atoms with van der Waals surface area (Å²) in [5.74, 6) is 4.87. The van der Waals surface area contributed by atoms with Gasteiger partial charge in [-0.25, -0.2) is 0 Å². The van der Waals surface area contributed by atoms with Crippen molar-refractivity contribution in [3.05, 3.63) is 77.9 Å². The van der Waals surface area contributed by atoms with Crippen LogP contribution >= 0.6 is 15.9 Å². The third kappa shape index (κ3) is 7.94. The van der Waals surface area contributed by atoms with Gasteiger partial charge in [-0.15, -0.1) is 10.2 Å². The molecule has 0 spiro atoms. The predicted octanol–water partition coefficient (Wildman–Crippen LogP) is 9.63. The average molecular weight is 578 g/mol. The summed E-state index contributed by atoms with van der Waals surface area (Å²) in [6.07, 6.45) is 4.93. The summed E-state index contributed by atoms with van der Waals surface area (Å²) < 4.78 is 18.0. The minimum atomic E-state index is 0.468. The largest absolute Gasteiger partial charge is 0.494 e. The molecule has 0 N–H and O–H groups in total. The van der Waals surface area contributed by atoms with Crippen molar-refractivity contribution in [1.82, 2.24) is 10.2 Å². The molecule has 0 radical (unpaired) electrons. The Bertz CT molecular complexity index is 1280. The van der Waals surface area contributed by atoms with Crippen LogP contribution < -0.4 is 9.47 Å². The lowest BCUT2D eigenvalue weighted by Crippen LogP contribution is -2.04. The number of aromatic nitrogens is 2. The molecule has 0 aliphatic rings. The molecule has 1 heterocycles. The van der Waals surface area contributed by atoms with Crippen molar-refractivity contribution in [1.29, 1.82) is 0 Å². The van der Waals surface area contributed by atoms with Gasteiger partial charge in [0.25, 0.3) is 0 Å². The fraction of sp³-hybridized carbons (Fsp3) is 0.375. The van der Waals surface area contributed by atoms with Crippen LogP contribution in [0.2, 0.25) is 0 Å². The molecule has 0 aliphatic carbocycles. The fourth-order valence-electron chi connectivity index (χ4n) is 4.18. The Morgan fingerprint density at radius 3 is 2.03 bits per heavy atom. The van der Waals surface area contributed by atoms with Gasteiger partial charge in [-0.05, 0) is 90.9 Å². The highest BCUT2D eigenvalue weighted by Crippen LogP contribution is 2.30. The molecule has 0 aliphatic heterocycles. The van der Waals surface area contributed by atoms with Crippen LogP contribution in [-0.4, -0.2) is 16.8 Å². The first-order chi connectivity index (χ1) is 18.4. The molecule has 1 aromatic heterocycles. The lowest BCUT2D eigenvalue weighted by Gasteiger charge is -2.13. The molecule has 200 valence electrons. The third-order valence-electron chi connectivity index (χ3n) is 6.62. The number of nitrogens with zero attached hydrogens (tertiary/aromatic N) is 2. The Labute approximate surface area is 234 Å². The van der Waals surface area contributed by atoms with Gasteiger partial charge in [-0.3, -0.25) is 0 Å². The maximum Gasteiger partial charge on any atom is 0.248 e. The van der Waals surface area contributed by atoms with Gasteiger partial charge in [0.05, 0.1) is 6.61 Å². The minimum Gasteiger partial charge on any atom is -0.494 e. The summed E-state index contributed by atoms with van der Waals surface area (Å²) in [5.41, 5.74) is 3.95. The number of halogens is 1. The first-order valence-corrected chi connectivity index (χ1v) is 14.5. The zero-order chi connectivity index (χ0) is 26.9. The Morgan fingerprint density at radius 1 is 0.789 bits per heavy atom. The van der Waals surface area contributed by atoms with Crippen molar-refractivity contribution in [3.8, 4) is 40.2 Å². The second-order valence-corrected chi connectivity index (χ2v) is 10.9. The number of rotatable bonds is 13. The molecular formula is C32H37BrN2O3. The molecule has 4 rings (SSSR count). The van der Waals surface area contributed by atoms with E-state index < -0.39 is 0 Å². The molecular weight excluding hydrogens is 540 g/mol. The molecule has 5 nitrogen and oxygen atoms in total. The number of hydrogen-bond acceptors (Lipinski definition) is 5. The van der Waals surface area contributed by atoms with Gasteiger partial charge in [-0.1, -0.05) is 68.1 Å². The van der Waals surface area contributed by atoms with E-state index in [9.17, 15) is 0 Å². The van der Waals surface area contributed by atoms with E-state index >= 15 is 0 Å². The van der Waals surface area contributed by atoms with E-state index in [2.05, 4.69) is 59.0 Å². The first kappa shape index (κ1) is 27.9. The smallest absolute Gasteiger partial charge is 0.248 e. The summed E-state index contributed by atoms with van der Waals surface area (Å²) >= 11 is 3.50. The standard InChI is InChI=1S/C32H37BrN2O3/c1-22(2)6-5-7-23(3)18-19-36-28-14-10-26(11-15-28)31-34-35-32(38-31)27-12-16-29(17-13-27)37-30-20-25(21-33)9-8-24(30)4/h8-17,20,22-23H,5-7,18-19,21H2,1-4H3. The third-order valence-corrected chi connectivity index (χ3v) is 7.27. The normalized spacial score (nSPS) is 12.1. The van der Waals surface area contributed by atoms with E-state index in [1.54, 1.807) is 0 Å². The van der Waals surface area contributed by atoms with E-state index in [1.165, 1.54) is 24.8 Å². The second kappa shape index (κ2) is 13.6. The van der Waals surface area contributed by atoms with Crippen molar-refractivity contribution in [2.45, 2.75) is 58.7 Å². The van der Waals surface area contributed by atoms with E-state index in [1.807, 2.05) is 61.5 Å². The highest BCUT2D eigenvalue weighted by molar-refractivity contribution is 9.08. The lowest BCUT2D eigenvalue weighted by atomic mass is 9.98. The Hall–Kier alpha value is -3.12. The highest BCUT2D eigenvalue weighted by Gasteiger charge is 2.12. The van der Waals surface area contributed by atoms with Crippen molar-refractivity contribution in [2.75, 3.05) is 6.61 Å². The van der Waals surface area contributed by atoms with E-state index in [0.717, 1.165) is 58.2 Å². The summed E-state index contributed by atoms with van der Waals surface area (Å²) in [6, 6.07) is 21.7. The van der Waals surface area contributed by atoms with Gasteiger partial charge in [0.1, 0.15) is 17.2 Å². The van der Waals surface area contributed by atoms with Crippen molar-refractivity contribution in [3.63, 3.8) is 0 Å². The van der Waals surface area contributed by atoms with Crippen molar-refractivity contribution in [2.24, 2.45) is 11.8 Å². The Kier molecular flexibility index (Phi) is 9.99. The molecule has 4 aromatic rings. The van der Waals surface area contributed by atoms with Crippen LogP contribution in [0, 0.1) is 18.8 Å². The molecule has 0 amide bonds. The molecule has 3 aromatic carbocycles. The van der Waals surface area contributed by atoms with Crippen LogP contribution in [0.3, 0.4) is 0 Å². The van der Waals surface area contributed by atoms with Gasteiger partial charge < -0.3 is 13.9 Å². The topological polar surface area (TPSA) is 57.4 Å². The van der Waals surface area contributed by atoms with Crippen LogP contribution in [0.4, 0.5) is 0 Å². The molecule has 1 atom stereocenters. The summed E-state index contributed by atoms with van der Waals surface area (Å²) in [4.78, 5) is 0. The minimum absolute atomic E-state index is 0.468. The van der Waals surface area contributed by atoms with Crippen LogP contribution in [0.15, 0.2) is 71.1 Å². The van der Waals surface area contributed by atoms with Gasteiger partial charge in [0, 0.05) is 16.5 Å². The molecule has 38 heavy (non-hydrogen) atoms. The molecule has 6 heteroatoms. The molecule has 0 fully saturated rings. The SMILES string of the molecule is Cc1ccc(CBr)cc1Oc1ccc(-c2nnc(-c3ccc(OCCC(C)CCCC(C)C)cc3)o2)cc1. The Morgan fingerprint density at radius 2 is 1.42 bits per heavy atom. The quantitative estimate of drug-likeness (QED) is 0.148. The van der Waals surface area contributed by atoms with Crippen LogP contribution in [0.1, 0.15) is 57.6 Å². The number of ether oxygens (including phenoxy) is 2. The second-order valence-electron chi connectivity index (χ2n) is 10.4. The van der Waals surface area contributed by atoms with Crippen LogP contribution in [0.25, 0.3) is 22.9 Å². The van der Waals surface area contributed by atoms with Gasteiger partial charge in [0.15, 0.2) is 0 Å². The summed E-state index contributed by atoms with van der Waals surface area (Å²) in [7, 11) is 0. The first-order valence-electron chi connectivity index (χ1n) is 13.4. The molecule has 0 saturated carbocycles. The number of benzene rings is 3. The maximum absolute atomic E-state index is 6.10. The fourth-order valence-corrected chi connectivity index (χ4v) is 4.53. The highest BCUT2D eigenvalue weighted by atomic mass is 79.9. The zero-order valence-corrected chi connectivity index (χ0v) is 24.3. The molecule has 0 bridgehead atoms. The predicted molar refractivity (Wildman–Crippen MR) is 157 cm³/mol. The summed E-state index contributed by atoms with van der Waals surface area (Å²) in [5, 5.41) is 9.28. The zero-order valence-electron chi connectivity index (χ0n) is 22.7. The molecule has 1 unspecified atom stereocenters. The van der Waals surface area contributed by atoms with Crippen LogP contribution in [0.5, 0.6) is 17.2 Å². The number of aryl methyl sites for hydroxylation is 1. The van der Waals surface area contributed by atoms with Crippen LogP contribution in [-0.2, 0) is 5.33 Å². The van der Waals surface area contributed by atoms with E-state index in [4.69, 9.17) is 13.9 Å². The van der Waals surface area contributed by atoms with Crippen molar-refractivity contribution < 1.29 is 13.9 Å². The Balaban J connectivity index is 1.31. The van der Waals surface area contributed by atoms with Gasteiger partial charge in [-0.2, -0.15) is 0 Å². The van der Waals surface area contributed by atoms with Crippen molar-refractivity contribution >= 4 is 15.9 Å². The molecule has 0 saturated heterocycles. The monoisotopic (exact) mass is 576 g/mol. The summed E-state index contributed by atoms with van der Waals surface area (Å²) in [6.45, 7) is 9.65. The maximum atomic E-state index is 6.10.